The van der Waals surface area contributed by atoms with Crippen molar-refractivity contribution in [3.05, 3.63) is 12.4 Å². The highest BCUT2D eigenvalue weighted by Gasteiger charge is 2.17. The van der Waals surface area contributed by atoms with Gasteiger partial charge in [0.05, 0.1) is 25.6 Å². The molecule has 0 aromatic carbocycles. The van der Waals surface area contributed by atoms with Crippen molar-refractivity contribution in [1.82, 2.24) is 9.97 Å². The van der Waals surface area contributed by atoms with Gasteiger partial charge in [0.25, 0.3) is 0 Å². The Hall–Kier alpha value is -1.36. The summed E-state index contributed by atoms with van der Waals surface area (Å²) in [5, 5.41) is 0. The van der Waals surface area contributed by atoms with Crippen molar-refractivity contribution in [2.45, 2.75) is 12.5 Å². The minimum Gasteiger partial charge on any atom is -0.471 e. The van der Waals surface area contributed by atoms with Crippen molar-refractivity contribution < 1.29 is 9.47 Å². The highest BCUT2D eigenvalue weighted by Crippen LogP contribution is 2.13. The van der Waals surface area contributed by atoms with Gasteiger partial charge in [-0.1, -0.05) is 0 Å². The molecule has 1 fully saturated rings. The molecule has 0 spiro atoms. The number of nitrogens with two attached hydrogens (primary N) is 1. The fourth-order valence-electron chi connectivity index (χ4n) is 1.16. The highest BCUT2D eigenvalue weighted by molar-refractivity contribution is 5.24. The molecule has 13 heavy (non-hydrogen) atoms. The molecule has 2 N–H and O–H groups in total. The first-order chi connectivity index (χ1) is 6.34. The average molecular weight is 181 g/mol. The topological polar surface area (TPSA) is 70.3 Å². The minimum absolute atomic E-state index is 0.109. The molecule has 2 rings (SSSR count). The maximum atomic E-state index is 5.48. The second-order valence-electron chi connectivity index (χ2n) is 2.88. The Kier molecular flexibility index (Phi) is 2.27. The van der Waals surface area contributed by atoms with Crippen molar-refractivity contribution in [3.8, 4) is 5.88 Å². The van der Waals surface area contributed by atoms with E-state index in [9.17, 15) is 0 Å². The monoisotopic (exact) mass is 181 g/mol. The first kappa shape index (κ1) is 8.25. The van der Waals surface area contributed by atoms with Gasteiger partial charge in [-0.25, -0.2) is 9.97 Å². The standard InChI is InChI=1S/C8H11N3O2/c9-7-3-11-8(4-10-7)13-6-1-2-12-5-6/h3-4,6H,1-2,5H2,(H2,9,10). The molecule has 0 radical (unpaired) electrons. The summed E-state index contributed by atoms with van der Waals surface area (Å²) >= 11 is 0. The lowest BCUT2D eigenvalue weighted by molar-refractivity contribution is 0.138. The van der Waals surface area contributed by atoms with Gasteiger partial charge in [-0.05, 0) is 0 Å². The first-order valence-corrected chi connectivity index (χ1v) is 4.16. The van der Waals surface area contributed by atoms with Crippen molar-refractivity contribution in [1.29, 1.82) is 0 Å². The molecule has 0 saturated carbocycles. The van der Waals surface area contributed by atoms with Crippen LogP contribution >= 0.6 is 0 Å². The molecule has 0 bridgehead atoms. The third-order valence-electron chi connectivity index (χ3n) is 1.82. The Morgan fingerprint density at radius 1 is 1.46 bits per heavy atom. The fraction of sp³-hybridized carbons (Fsp3) is 0.500. The number of hydrogen-bond donors (Lipinski definition) is 1. The zero-order chi connectivity index (χ0) is 9.10. The SMILES string of the molecule is Nc1cnc(OC2CCOC2)cn1. The maximum absolute atomic E-state index is 5.48. The van der Waals surface area contributed by atoms with E-state index in [1.807, 2.05) is 0 Å². The normalized spacial score (nSPS) is 21.7. The third kappa shape index (κ3) is 2.06. The Balaban J connectivity index is 1.97. The summed E-state index contributed by atoms with van der Waals surface area (Å²) in [6.07, 6.45) is 4.02. The number of ether oxygens (including phenoxy) is 2. The fourth-order valence-corrected chi connectivity index (χ4v) is 1.16. The Labute approximate surface area is 75.9 Å². The van der Waals surface area contributed by atoms with Crippen LogP contribution in [0.3, 0.4) is 0 Å². The van der Waals surface area contributed by atoms with Crippen LogP contribution in [0.2, 0.25) is 0 Å². The molecule has 5 nitrogen and oxygen atoms in total. The van der Waals surface area contributed by atoms with E-state index in [1.54, 1.807) is 0 Å². The van der Waals surface area contributed by atoms with Crippen LogP contribution < -0.4 is 10.5 Å². The van der Waals surface area contributed by atoms with Crippen LogP contribution in [-0.4, -0.2) is 29.3 Å². The summed E-state index contributed by atoms with van der Waals surface area (Å²) < 4.78 is 10.6. The van der Waals surface area contributed by atoms with Gasteiger partial charge in [0.15, 0.2) is 0 Å². The molecule has 0 amide bonds. The third-order valence-corrected chi connectivity index (χ3v) is 1.82. The van der Waals surface area contributed by atoms with Crippen molar-refractivity contribution in [3.63, 3.8) is 0 Å². The second kappa shape index (κ2) is 3.57. The summed E-state index contributed by atoms with van der Waals surface area (Å²) in [4.78, 5) is 7.85. The maximum Gasteiger partial charge on any atom is 0.232 e. The predicted octanol–water partition coefficient (Wildman–Crippen LogP) is 0.227. The van der Waals surface area contributed by atoms with Crippen LogP contribution in [0, 0.1) is 0 Å². The summed E-state index contributed by atoms with van der Waals surface area (Å²) in [7, 11) is 0. The molecule has 1 unspecified atom stereocenters. The van der Waals surface area contributed by atoms with E-state index in [1.165, 1.54) is 12.4 Å². The molecule has 70 valence electrons. The van der Waals surface area contributed by atoms with Crippen LogP contribution in [0.15, 0.2) is 12.4 Å². The summed E-state index contributed by atoms with van der Waals surface area (Å²) in [5.74, 6) is 0.903. The van der Waals surface area contributed by atoms with Gasteiger partial charge in [0.1, 0.15) is 11.9 Å². The predicted molar refractivity (Wildman–Crippen MR) is 46.3 cm³/mol. The van der Waals surface area contributed by atoms with Gasteiger partial charge >= 0.3 is 0 Å². The van der Waals surface area contributed by atoms with Gasteiger partial charge in [-0.15, -0.1) is 0 Å². The van der Waals surface area contributed by atoms with Gasteiger partial charge in [0, 0.05) is 6.42 Å². The average Bonchev–Trinajstić information content (AvgIpc) is 2.62. The van der Waals surface area contributed by atoms with Crippen molar-refractivity contribution in [2.24, 2.45) is 0 Å². The van der Waals surface area contributed by atoms with Gasteiger partial charge in [0.2, 0.25) is 5.88 Å². The summed E-state index contributed by atoms with van der Waals surface area (Å²) in [6, 6.07) is 0. The zero-order valence-electron chi connectivity index (χ0n) is 7.14. The molecule has 1 aliphatic heterocycles. The Morgan fingerprint density at radius 2 is 2.38 bits per heavy atom. The van der Waals surface area contributed by atoms with E-state index in [2.05, 4.69) is 9.97 Å². The molecule has 1 saturated heterocycles. The van der Waals surface area contributed by atoms with Crippen LogP contribution in [0.1, 0.15) is 6.42 Å². The summed E-state index contributed by atoms with van der Waals surface area (Å²) in [5.41, 5.74) is 5.38. The van der Waals surface area contributed by atoms with Gasteiger partial charge < -0.3 is 15.2 Å². The zero-order valence-corrected chi connectivity index (χ0v) is 7.14. The number of nitrogen functional groups attached to an aromatic ring is 1. The number of nitrogens with zero attached hydrogens (tertiary/aromatic N) is 2. The molecule has 0 aliphatic carbocycles. The lowest BCUT2D eigenvalue weighted by atomic mass is 10.3. The van der Waals surface area contributed by atoms with Crippen LogP contribution in [0.5, 0.6) is 5.88 Å². The molecule has 1 atom stereocenters. The van der Waals surface area contributed by atoms with Gasteiger partial charge in [-0.2, -0.15) is 0 Å². The first-order valence-electron chi connectivity index (χ1n) is 4.16. The lowest BCUT2D eigenvalue weighted by Crippen LogP contribution is -2.16. The van der Waals surface area contributed by atoms with E-state index in [0.717, 1.165) is 13.0 Å². The van der Waals surface area contributed by atoms with E-state index in [-0.39, 0.29) is 6.10 Å². The van der Waals surface area contributed by atoms with Crippen LogP contribution in [0.25, 0.3) is 0 Å². The molecular weight excluding hydrogens is 170 g/mol. The number of rotatable bonds is 2. The largest absolute Gasteiger partial charge is 0.471 e. The smallest absolute Gasteiger partial charge is 0.232 e. The van der Waals surface area contributed by atoms with Crippen LogP contribution in [0.4, 0.5) is 5.82 Å². The number of anilines is 1. The molecule has 1 aromatic rings. The summed E-state index contributed by atoms with van der Waals surface area (Å²) in [6.45, 7) is 1.39. The molecule has 2 heterocycles. The van der Waals surface area contributed by atoms with E-state index in [0.29, 0.717) is 18.3 Å². The second-order valence-corrected chi connectivity index (χ2v) is 2.88. The molecule has 5 heteroatoms. The van der Waals surface area contributed by atoms with E-state index >= 15 is 0 Å². The molecular formula is C8H11N3O2. The number of aromatic nitrogens is 2. The minimum atomic E-state index is 0.109. The quantitative estimate of drug-likeness (QED) is 0.707. The van der Waals surface area contributed by atoms with E-state index in [4.69, 9.17) is 15.2 Å². The van der Waals surface area contributed by atoms with Crippen molar-refractivity contribution in [2.75, 3.05) is 18.9 Å². The Bertz CT molecular complexity index is 269. The number of hydrogen-bond acceptors (Lipinski definition) is 5. The van der Waals surface area contributed by atoms with Gasteiger partial charge in [-0.3, -0.25) is 0 Å². The lowest BCUT2D eigenvalue weighted by Gasteiger charge is -2.09. The molecule has 1 aromatic heterocycles. The highest BCUT2D eigenvalue weighted by atomic mass is 16.5. The van der Waals surface area contributed by atoms with Crippen LogP contribution in [-0.2, 0) is 4.74 Å². The molecule has 1 aliphatic rings. The Morgan fingerprint density at radius 3 is 3.00 bits per heavy atom. The van der Waals surface area contributed by atoms with E-state index < -0.39 is 0 Å². The van der Waals surface area contributed by atoms with Crippen molar-refractivity contribution >= 4 is 5.82 Å².